The van der Waals surface area contributed by atoms with E-state index in [0.717, 1.165) is 49.5 Å². The number of ether oxygens (including phenoxy) is 1. The lowest BCUT2D eigenvalue weighted by Gasteiger charge is -2.31. The number of likely N-dealkylation sites (tertiary alicyclic amines) is 1. The molecule has 2 heterocycles. The zero-order chi connectivity index (χ0) is 22.3. The fourth-order valence-corrected chi connectivity index (χ4v) is 4.02. The molecule has 32 heavy (non-hydrogen) atoms. The van der Waals surface area contributed by atoms with Gasteiger partial charge >= 0.3 is 0 Å². The van der Waals surface area contributed by atoms with Crippen molar-refractivity contribution in [3.63, 3.8) is 0 Å². The van der Waals surface area contributed by atoms with Crippen molar-refractivity contribution in [2.24, 2.45) is 0 Å². The van der Waals surface area contributed by atoms with E-state index in [1.165, 1.54) is 0 Å². The average Bonchev–Trinajstić information content (AvgIpc) is 2.82. The van der Waals surface area contributed by atoms with Crippen LogP contribution in [-0.4, -0.2) is 35.0 Å². The fourth-order valence-electron chi connectivity index (χ4n) is 3.90. The van der Waals surface area contributed by atoms with Gasteiger partial charge in [0, 0.05) is 36.4 Å². The molecule has 0 radical (unpaired) electrons. The van der Waals surface area contributed by atoms with Gasteiger partial charge in [-0.3, -0.25) is 14.7 Å². The zero-order valence-electron chi connectivity index (χ0n) is 18.2. The highest BCUT2D eigenvalue weighted by Gasteiger charge is 2.21. The van der Waals surface area contributed by atoms with Gasteiger partial charge < -0.3 is 10.1 Å². The Kier molecular flexibility index (Phi) is 7.40. The number of hydrogen-bond acceptors (Lipinski definition) is 4. The highest BCUT2D eigenvalue weighted by Crippen LogP contribution is 2.21. The average molecular weight is 450 g/mol. The van der Waals surface area contributed by atoms with E-state index in [1.54, 1.807) is 0 Å². The van der Waals surface area contributed by atoms with Crippen LogP contribution in [0.4, 0.5) is 0 Å². The van der Waals surface area contributed by atoms with Crippen molar-refractivity contribution >= 4 is 17.5 Å². The smallest absolute Gasteiger partial charge is 0.251 e. The first-order valence-electron chi connectivity index (χ1n) is 11.0. The summed E-state index contributed by atoms with van der Waals surface area (Å²) in [6, 6.07) is 20.8. The molecule has 1 aliphatic heterocycles. The van der Waals surface area contributed by atoms with Gasteiger partial charge in [0.05, 0.1) is 11.7 Å². The Bertz CT molecular complexity index is 1000. The van der Waals surface area contributed by atoms with Crippen LogP contribution in [0.15, 0.2) is 72.9 Å². The normalized spacial score (nSPS) is 15.8. The van der Waals surface area contributed by atoms with Gasteiger partial charge in [0.2, 0.25) is 0 Å². The lowest BCUT2D eigenvalue weighted by Crippen LogP contribution is -2.37. The number of rotatable bonds is 7. The van der Waals surface area contributed by atoms with Crippen LogP contribution in [0.1, 0.15) is 47.4 Å². The van der Waals surface area contributed by atoms with Crippen LogP contribution < -0.4 is 10.1 Å². The molecule has 1 saturated heterocycles. The Hall–Kier alpha value is -2.89. The molecule has 0 saturated carbocycles. The van der Waals surface area contributed by atoms with Gasteiger partial charge in [-0.25, -0.2) is 0 Å². The monoisotopic (exact) mass is 449 g/mol. The van der Waals surface area contributed by atoms with E-state index in [0.29, 0.717) is 10.6 Å². The van der Waals surface area contributed by atoms with Crippen LogP contribution >= 0.6 is 11.6 Å². The van der Waals surface area contributed by atoms with Gasteiger partial charge in [0.1, 0.15) is 11.9 Å². The molecule has 1 aliphatic rings. The largest absolute Gasteiger partial charge is 0.490 e. The maximum atomic E-state index is 12.6. The molecule has 1 N–H and O–H groups in total. The van der Waals surface area contributed by atoms with Crippen molar-refractivity contribution in [2.45, 2.75) is 38.5 Å². The molecule has 0 aliphatic carbocycles. The van der Waals surface area contributed by atoms with Crippen LogP contribution in [0.2, 0.25) is 5.02 Å². The molecule has 3 aromatic rings. The number of amides is 1. The minimum absolute atomic E-state index is 0.105. The number of halogens is 1. The van der Waals surface area contributed by atoms with E-state index in [1.807, 2.05) is 73.8 Å². The van der Waals surface area contributed by atoms with E-state index < -0.39 is 0 Å². The molecule has 1 atom stereocenters. The highest BCUT2D eigenvalue weighted by molar-refractivity contribution is 6.30. The van der Waals surface area contributed by atoms with Gasteiger partial charge in [0.25, 0.3) is 5.91 Å². The van der Waals surface area contributed by atoms with Crippen molar-refractivity contribution in [3.05, 3.63) is 94.8 Å². The van der Waals surface area contributed by atoms with E-state index in [-0.39, 0.29) is 18.1 Å². The first-order valence-corrected chi connectivity index (χ1v) is 11.4. The quantitative estimate of drug-likeness (QED) is 0.534. The number of benzene rings is 2. The highest BCUT2D eigenvalue weighted by atomic mass is 35.5. The van der Waals surface area contributed by atoms with Gasteiger partial charge in [-0.2, -0.15) is 0 Å². The number of carbonyl (C=O) groups is 1. The number of carbonyl (C=O) groups excluding carboxylic acids is 1. The summed E-state index contributed by atoms with van der Waals surface area (Å²) in [5.74, 6) is 0.692. The zero-order valence-corrected chi connectivity index (χ0v) is 19.0. The first kappa shape index (κ1) is 22.3. The molecule has 0 bridgehead atoms. The predicted molar refractivity (Wildman–Crippen MR) is 127 cm³/mol. The fraction of sp³-hybridized carbons (Fsp3) is 0.308. The summed E-state index contributed by atoms with van der Waals surface area (Å²) in [6.07, 6.45) is 3.99. The van der Waals surface area contributed by atoms with Crippen LogP contribution in [0.5, 0.6) is 5.75 Å². The summed E-state index contributed by atoms with van der Waals surface area (Å²) in [4.78, 5) is 19.4. The minimum Gasteiger partial charge on any atom is -0.490 e. The van der Waals surface area contributed by atoms with Crippen molar-refractivity contribution in [1.82, 2.24) is 15.2 Å². The SMILES string of the molecule is C[C@@H](NC(=O)c1ccc(OC2CCN(Cc3ccccn3)CC2)cc1)c1ccc(Cl)cc1. The van der Waals surface area contributed by atoms with E-state index in [9.17, 15) is 4.79 Å². The van der Waals surface area contributed by atoms with Crippen LogP contribution in [0.25, 0.3) is 0 Å². The molecule has 5 nitrogen and oxygen atoms in total. The van der Waals surface area contributed by atoms with Crippen molar-refractivity contribution in [2.75, 3.05) is 13.1 Å². The van der Waals surface area contributed by atoms with Crippen LogP contribution in [0.3, 0.4) is 0 Å². The molecule has 1 aromatic heterocycles. The summed E-state index contributed by atoms with van der Waals surface area (Å²) < 4.78 is 6.16. The number of hydrogen-bond donors (Lipinski definition) is 1. The standard InChI is InChI=1S/C26H28ClN3O2/c1-19(20-5-9-22(27)10-6-20)29-26(31)21-7-11-24(12-8-21)32-25-13-16-30(17-14-25)18-23-4-2-3-15-28-23/h2-12,15,19,25H,13-14,16-18H2,1H3,(H,29,31)/t19-/m1/s1. The molecule has 0 spiro atoms. The maximum absolute atomic E-state index is 12.6. The molecular formula is C26H28ClN3O2. The second-order valence-electron chi connectivity index (χ2n) is 8.19. The van der Waals surface area contributed by atoms with Crippen LogP contribution in [-0.2, 0) is 6.54 Å². The van der Waals surface area contributed by atoms with Crippen molar-refractivity contribution in [1.29, 1.82) is 0 Å². The topological polar surface area (TPSA) is 54.5 Å². The Morgan fingerprint density at radius 2 is 1.81 bits per heavy atom. The van der Waals surface area contributed by atoms with Gasteiger partial charge in [0.15, 0.2) is 0 Å². The number of piperidine rings is 1. The van der Waals surface area contributed by atoms with Crippen molar-refractivity contribution in [3.8, 4) is 5.75 Å². The molecule has 1 fully saturated rings. The van der Waals surface area contributed by atoms with Gasteiger partial charge in [-0.15, -0.1) is 0 Å². The number of nitrogens with zero attached hydrogens (tertiary/aromatic N) is 2. The Morgan fingerprint density at radius 3 is 2.47 bits per heavy atom. The summed E-state index contributed by atoms with van der Waals surface area (Å²) in [6.45, 7) is 4.82. The molecular weight excluding hydrogens is 422 g/mol. The van der Waals surface area contributed by atoms with Crippen molar-refractivity contribution < 1.29 is 9.53 Å². The van der Waals surface area contributed by atoms with Gasteiger partial charge in [-0.05, 0) is 73.9 Å². The first-order chi connectivity index (χ1) is 15.6. The second-order valence-corrected chi connectivity index (χ2v) is 8.62. The van der Waals surface area contributed by atoms with Crippen LogP contribution in [0, 0.1) is 0 Å². The molecule has 6 heteroatoms. The third-order valence-corrected chi connectivity index (χ3v) is 6.04. The Morgan fingerprint density at radius 1 is 1.09 bits per heavy atom. The second kappa shape index (κ2) is 10.6. The summed E-state index contributed by atoms with van der Waals surface area (Å²) in [5.41, 5.74) is 2.73. The van der Waals surface area contributed by atoms with Gasteiger partial charge in [-0.1, -0.05) is 29.8 Å². The van der Waals surface area contributed by atoms with E-state index in [4.69, 9.17) is 16.3 Å². The van der Waals surface area contributed by atoms with E-state index >= 15 is 0 Å². The molecule has 1 amide bonds. The molecule has 0 unspecified atom stereocenters. The number of pyridine rings is 1. The Balaban J connectivity index is 1.25. The maximum Gasteiger partial charge on any atom is 0.251 e. The molecule has 4 rings (SSSR count). The third-order valence-electron chi connectivity index (χ3n) is 5.78. The summed E-state index contributed by atoms with van der Waals surface area (Å²) in [7, 11) is 0. The minimum atomic E-state index is -0.109. The third kappa shape index (κ3) is 6.09. The lowest BCUT2D eigenvalue weighted by molar-refractivity contribution is 0.0937. The lowest BCUT2D eigenvalue weighted by atomic mass is 10.1. The van der Waals surface area contributed by atoms with E-state index in [2.05, 4.69) is 21.3 Å². The predicted octanol–water partition coefficient (Wildman–Crippen LogP) is 5.27. The summed E-state index contributed by atoms with van der Waals surface area (Å²) >= 11 is 5.94. The molecule has 2 aromatic carbocycles. The summed E-state index contributed by atoms with van der Waals surface area (Å²) in [5, 5.41) is 3.71. The molecule has 166 valence electrons. The Labute approximate surface area is 194 Å². The number of aromatic nitrogens is 1. The number of nitrogens with one attached hydrogen (secondary N) is 1.